The summed E-state index contributed by atoms with van der Waals surface area (Å²) in [6, 6.07) is 12.6. The van der Waals surface area contributed by atoms with Gasteiger partial charge in [0.05, 0.1) is 17.6 Å². The number of carboxylic acid groups (broad SMARTS) is 1. The molecule has 0 saturated heterocycles. The van der Waals surface area contributed by atoms with Gasteiger partial charge in [-0.25, -0.2) is 14.6 Å². The Hall–Kier alpha value is -4.01. The van der Waals surface area contributed by atoms with Gasteiger partial charge in [-0.2, -0.15) is 0 Å². The quantitative estimate of drug-likeness (QED) is 0.298. The molecule has 1 saturated carbocycles. The minimum Gasteiger partial charge on any atom is -0.482 e. The Morgan fingerprint density at radius 2 is 1.86 bits per heavy atom. The second-order valence-corrected chi connectivity index (χ2v) is 9.72. The summed E-state index contributed by atoms with van der Waals surface area (Å²) in [6.07, 6.45) is 8.83. The molecule has 0 spiro atoms. The van der Waals surface area contributed by atoms with Gasteiger partial charge < -0.3 is 29.8 Å². The van der Waals surface area contributed by atoms with Crippen molar-refractivity contribution in [2.45, 2.75) is 52.0 Å². The van der Waals surface area contributed by atoms with E-state index in [0.29, 0.717) is 34.8 Å². The maximum absolute atomic E-state index is 13.0. The number of benzene rings is 2. The number of anilines is 3. The Balaban J connectivity index is 1.56. The van der Waals surface area contributed by atoms with Crippen LogP contribution in [0.15, 0.2) is 59.5 Å². The Bertz CT molecular complexity index is 1170. The van der Waals surface area contributed by atoms with Gasteiger partial charge in [0.25, 0.3) is 0 Å². The molecule has 37 heavy (non-hydrogen) atoms. The van der Waals surface area contributed by atoms with Crippen LogP contribution < -0.4 is 20.3 Å². The summed E-state index contributed by atoms with van der Waals surface area (Å²) >= 11 is 0. The first kappa shape index (κ1) is 26.1. The molecule has 3 aromatic rings. The van der Waals surface area contributed by atoms with E-state index in [4.69, 9.17) is 14.3 Å². The number of hydrogen-bond donors (Lipinski definition) is 3. The Labute approximate surface area is 216 Å². The molecule has 0 radical (unpaired) electrons. The van der Waals surface area contributed by atoms with Gasteiger partial charge in [-0.3, -0.25) is 0 Å². The molecule has 4 rings (SSSR count). The largest absolute Gasteiger partial charge is 0.482 e. The molecule has 0 atom stereocenters. The van der Waals surface area contributed by atoms with Crippen LogP contribution >= 0.6 is 0 Å². The number of carboxylic acids is 1. The van der Waals surface area contributed by atoms with E-state index in [1.54, 1.807) is 30.5 Å². The third kappa shape index (κ3) is 7.25. The molecule has 1 aromatic heterocycles. The molecule has 2 amide bonds. The van der Waals surface area contributed by atoms with Crippen molar-refractivity contribution in [3.8, 4) is 17.1 Å². The van der Waals surface area contributed by atoms with Crippen molar-refractivity contribution in [3.05, 3.63) is 55.1 Å². The van der Waals surface area contributed by atoms with Gasteiger partial charge >= 0.3 is 12.0 Å². The number of nitrogens with one attached hydrogen (secondary N) is 2. The number of oxazole rings is 1. The average molecular weight is 507 g/mol. The van der Waals surface area contributed by atoms with Gasteiger partial charge in [0, 0.05) is 29.9 Å². The zero-order valence-corrected chi connectivity index (χ0v) is 21.3. The van der Waals surface area contributed by atoms with E-state index < -0.39 is 18.6 Å². The smallest absolute Gasteiger partial charge is 0.341 e. The highest BCUT2D eigenvalue weighted by Crippen LogP contribution is 2.36. The van der Waals surface area contributed by atoms with Gasteiger partial charge in [-0.1, -0.05) is 33.1 Å². The molecule has 1 heterocycles. The number of nitrogens with zero attached hydrogens (tertiary/aromatic N) is 2. The zero-order chi connectivity index (χ0) is 26.2. The van der Waals surface area contributed by atoms with Crippen LogP contribution in [0, 0.1) is 5.92 Å². The van der Waals surface area contributed by atoms with Crippen molar-refractivity contribution in [2.75, 3.05) is 28.7 Å². The number of hydrogen-bond acceptors (Lipinski definition) is 6. The topological polar surface area (TPSA) is 117 Å². The lowest BCUT2D eigenvalue weighted by Gasteiger charge is -2.38. The zero-order valence-electron chi connectivity index (χ0n) is 21.3. The lowest BCUT2D eigenvalue weighted by molar-refractivity contribution is -0.139. The minimum atomic E-state index is -1.06. The van der Waals surface area contributed by atoms with E-state index >= 15 is 0 Å². The number of carbonyl (C=O) groups excluding carboxylic acids is 1. The lowest BCUT2D eigenvalue weighted by atomic mass is 9.93. The van der Waals surface area contributed by atoms with Gasteiger partial charge in [0.2, 0.25) is 0 Å². The SMILES string of the molecule is CC(C)CN(c1ccc(OCC(=O)O)cc1NC(=O)Nc1ccc(-c2cnco2)cc1)C1CCCCC1. The van der Waals surface area contributed by atoms with E-state index in [-0.39, 0.29) is 0 Å². The highest BCUT2D eigenvalue weighted by Gasteiger charge is 2.25. The van der Waals surface area contributed by atoms with Crippen molar-refractivity contribution < 1.29 is 23.8 Å². The van der Waals surface area contributed by atoms with E-state index in [0.717, 1.165) is 30.6 Å². The van der Waals surface area contributed by atoms with E-state index in [1.807, 2.05) is 18.2 Å². The third-order valence-corrected chi connectivity index (χ3v) is 6.32. The van der Waals surface area contributed by atoms with Gasteiger partial charge in [-0.15, -0.1) is 0 Å². The Morgan fingerprint density at radius 1 is 1.11 bits per heavy atom. The second-order valence-electron chi connectivity index (χ2n) is 9.72. The summed E-state index contributed by atoms with van der Waals surface area (Å²) < 4.78 is 10.7. The fourth-order valence-electron chi connectivity index (χ4n) is 4.69. The fraction of sp³-hybridized carbons (Fsp3) is 0.393. The number of aliphatic carboxylic acids is 1. The van der Waals surface area contributed by atoms with Gasteiger partial charge in [0.1, 0.15) is 5.75 Å². The summed E-state index contributed by atoms with van der Waals surface area (Å²) in [5.74, 6) is 0.390. The molecular weight excluding hydrogens is 472 g/mol. The van der Waals surface area contributed by atoms with Crippen molar-refractivity contribution >= 4 is 29.1 Å². The number of carbonyl (C=O) groups is 2. The normalized spacial score (nSPS) is 13.8. The highest BCUT2D eigenvalue weighted by molar-refractivity contribution is 6.02. The van der Waals surface area contributed by atoms with Crippen LogP contribution in [-0.4, -0.2) is 41.3 Å². The van der Waals surface area contributed by atoms with Gasteiger partial charge in [-0.05, 0) is 55.2 Å². The molecule has 196 valence electrons. The molecule has 2 aromatic carbocycles. The van der Waals surface area contributed by atoms with Crippen LogP contribution in [-0.2, 0) is 4.79 Å². The molecule has 1 fully saturated rings. The lowest BCUT2D eigenvalue weighted by Crippen LogP contribution is -2.40. The van der Waals surface area contributed by atoms with Crippen LogP contribution in [0.25, 0.3) is 11.3 Å². The third-order valence-electron chi connectivity index (χ3n) is 6.32. The first-order valence-corrected chi connectivity index (χ1v) is 12.7. The minimum absolute atomic E-state index is 0.381. The Kier molecular flexibility index (Phi) is 8.66. The fourth-order valence-corrected chi connectivity index (χ4v) is 4.69. The molecule has 0 aliphatic heterocycles. The predicted octanol–water partition coefficient (Wildman–Crippen LogP) is 6.24. The summed E-state index contributed by atoms with van der Waals surface area (Å²) in [5, 5.41) is 14.9. The van der Waals surface area contributed by atoms with Crippen molar-refractivity contribution in [1.82, 2.24) is 4.98 Å². The number of rotatable bonds is 10. The van der Waals surface area contributed by atoms with Crippen molar-refractivity contribution in [2.24, 2.45) is 5.92 Å². The number of ether oxygens (including phenoxy) is 1. The summed E-state index contributed by atoms with van der Waals surface area (Å²) in [6.45, 7) is 4.76. The first-order valence-electron chi connectivity index (χ1n) is 12.7. The number of urea groups is 1. The maximum Gasteiger partial charge on any atom is 0.341 e. The monoisotopic (exact) mass is 506 g/mol. The number of amides is 2. The molecule has 1 aliphatic carbocycles. The summed E-state index contributed by atoms with van der Waals surface area (Å²) in [4.78, 5) is 30.4. The predicted molar refractivity (Wildman–Crippen MR) is 143 cm³/mol. The Morgan fingerprint density at radius 3 is 2.51 bits per heavy atom. The molecule has 3 N–H and O–H groups in total. The molecule has 0 bridgehead atoms. The van der Waals surface area contributed by atoms with Crippen molar-refractivity contribution in [3.63, 3.8) is 0 Å². The molecule has 9 nitrogen and oxygen atoms in total. The molecule has 9 heteroatoms. The highest BCUT2D eigenvalue weighted by atomic mass is 16.5. The van der Waals surface area contributed by atoms with Crippen LogP contribution in [0.4, 0.5) is 21.9 Å². The van der Waals surface area contributed by atoms with Crippen LogP contribution in [0.2, 0.25) is 0 Å². The van der Waals surface area contributed by atoms with Crippen LogP contribution in [0.1, 0.15) is 46.0 Å². The second kappa shape index (κ2) is 12.3. The van der Waals surface area contributed by atoms with E-state index in [2.05, 4.69) is 34.4 Å². The van der Waals surface area contributed by atoms with Crippen LogP contribution in [0.5, 0.6) is 5.75 Å². The molecular formula is C28H34N4O5. The number of aromatic nitrogens is 1. The summed E-state index contributed by atoms with van der Waals surface area (Å²) in [7, 11) is 0. The standard InChI is InChI=1S/C28H34N4O5/c1-19(2)16-32(22-6-4-3-5-7-22)25-13-12-23(36-17-27(33)34)14-24(25)31-28(35)30-21-10-8-20(9-11-21)26-15-29-18-37-26/h8-15,18-19,22H,3-7,16-17H2,1-2H3,(H,33,34)(H2,30,31,35). The molecule has 0 unspecified atom stereocenters. The maximum atomic E-state index is 13.0. The molecule has 1 aliphatic rings. The average Bonchev–Trinajstić information content (AvgIpc) is 3.42. The van der Waals surface area contributed by atoms with Crippen molar-refractivity contribution in [1.29, 1.82) is 0 Å². The van der Waals surface area contributed by atoms with Crippen LogP contribution in [0.3, 0.4) is 0 Å². The van der Waals surface area contributed by atoms with Gasteiger partial charge in [0.15, 0.2) is 18.8 Å². The first-order chi connectivity index (χ1) is 17.9. The van der Waals surface area contributed by atoms with E-state index in [1.165, 1.54) is 25.7 Å². The van der Waals surface area contributed by atoms with E-state index in [9.17, 15) is 9.59 Å². The summed E-state index contributed by atoms with van der Waals surface area (Å²) in [5.41, 5.74) is 2.95.